The summed E-state index contributed by atoms with van der Waals surface area (Å²) in [5.41, 5.74) is 0.00339. The molecule has 1 aliphatic heterocycles. The van der Waals surface area contributed by atoms with Gasteiger partial charge in [0.2, 0.25) is 0 Å². The van der Waals surface area contributed by atoms with E-state index in [4.69, 9.17) is 11.6 Å². The summed E-state index contributed by atoms with van der Waals surface area (Å²) in [5.74, 6) is 0.605. The SMILES string of the molecule is O=C(c1ccc(Cl)s1)N1CCS[C@@H]1c1ccc(C(F)(F)F)cc1. The lowest BCUT2D eigenvalue weighted by molar-refractivity contribution is -0.137. The Balaban J connectivity index is 1.83. The second-order valence-corrected chi connectivity index (χ2v) is 7.85. The van der Waals surface area contributed by atoms with E-state index in [0.717, 1.165) is 17.9 Å². The molecule has 0 unspecified atom stereocenters. The lowest BCUT2D eigenvalue weighted by atomic mass is 10.1. The molecule has 0 radical (unpaired) electrons. The molecule has 0 N–H and O–H groups in total. The Morgan fingerprint density at radius 3 is 2.43 bits per heavy atom. The van der Waals surface area contributed by atoms with Crippen LogP contribution in [0.5, 0.6) is 0 Å². The van der Waals surface area contributed by atoms with Crippen molar-refractivity contribution < 1.29 is 18.0 Å². The van der Waals surface area contributed by atoms with Crippen molar-refractivity contribution in [3.05, 3.63) is 56.7 Å². The molecule has 8 heteroatoms. The third-order valence-electron chi connectivity index (χ3n) is 3.46. The molecule has 1 aromatic heterocycles. The molecule has 23 heavy (non-hydrogen) atoms. The molecular weight excluding hydrogens is 367 g/mol. The molecule has 3 rings (SSSR count). The molecule has 1 fully saturated rings. The highest BCUT2D eigenvalue weighted by Crippen LogP contribution is 2.40. The predicted molar refractivity (Wildman–Crippen MR) is 87.0 cm³/mol. The maximum atomic E-state index is 12.6. The van der Waals surface area contributed by atoms with Crippen LogP contribution in [0.4, 0.5) is 13.2 Å². The van der Waals surface area contributed by atoms with Crippen molar-refractivity contribution in [3.63, 3.8) is 0 Å². The van der Waals surface area contributed by atoms with Crippen LogP contribution in [0, 0.1) is 0 Å². The molecule has 2 heterocycles. The van der Waals surface area contributed by atoms with Crippen molar-refractivity contribution >= 4 is 40.6 Å². The summed E-state index contributed by atoms with van der Waals surface area (Å²) < 4.78 is 38.5. The topological polar surface area (TPSA) is 20.3 Å². The molecular formula is C15H11ClF3NOS2. The van der Waals surface area contributed by atoms with Gasteiger partial charge in [0.25, 0.3) is 5.91 Å². The summed E-state index contributed by atoms with van der Waals surface area (Å²) in [4.78, 5) is 14.8. The number of alkyl halides is 3. The zero-order valence-electron chi connectivity index (χ0n) is 11.6. The van der Waals surface area contributed by atoms with Gasteiger partial charge in [0.05, 0.1) is 14.8 Å². The summed E-state index contributed by atoms with van der Waals surface area (Å²) in [6.07, 6.45) is -4.36. The van der Waals surface area contributed by atoms with Crippen molar-refractivity contribution in [1.29, 1.82) is 0 Å². The summed E-state index contributed by atoms with van der Waals surface area (Å²) >= 11 is 8.60. The van der Waals surface area contributed by atoms with Crippen LogP contribution < -0.4 is 0 Å². The number of nitrogens with zero attached hydrogens (tertiary/aromatic N) is 1. The number of carbonyl (C=O) groups excluding carboxylic acids is 1. The number of thioether (sulfide) groups is 1. The first-order chi connectivity index (χ1) is 10.9. The molecule has 1 atom stereocenters. The van der Waals surface area contributed by atoms with Gasteiger partial charge >= 0.3 is 6.18 Å². The highest BCUT2D eigenvalue weighted by atomic mass is 35.5. The lowest BCUT2D eigenvalue weighted by Crippen LogP contribution is -2.29. The van der Waals surface area contributed by atoms with Crippen molar-refractivity contribution in [2.75, 3.05) is 12.3 Å². The average molecular weight is 378 g/mol. The van der Waals surface area contributed by atoms with E-state index in [2.05, 4.69) is 0 Å². The van der Waals surface area contributed by atoms with Crippen LogP contribution in [0.2, 0.25) is 4.34 Å². The normalized spacial score (nSPS) is 18.4. The van der Waals surface area contributed by atoms with Crippen molar-refractivity contribution in [3.8, 4) is 0 Å². The minimum absolute atomic E-state index is 0.142. The third kappa shape index (κ3) is 3.51. The van der Waals surface area contributed by atoms with Crippen LogP contribution >= 0.6 is 34.7 Å². The number of amides is 1. The van der Waals surface area contributed by atoms with Gasteiger partial charge in [-0.1, -0.05) is 23.7 Å². The fraction of sp³-hybridized carbons (Fsp3) is 0.267. The van der Waals surface area contributed by atoms with Crippen LogP contribution in [0.15, 0.2) is 36.4 Å². The molecule has 1 amide bonds. The minimum atomic E-state index is -4.36. The Hall–Kier alpha value is -1.18. The van der Waals surface area contributed by atoms with Crippen LogP contribution in [0.25, 0.3) is 0 Å². The maximum Gasteiger partial charge on any atom is 0.416 e. The first-order valence-electron chi connectivity index (χ1n) is 6.71. The molecule has 122 valence electrons. The number of thiophene rings is 1. The van der Waals surface area contributed by atoms with Gasteiger partial charge in [0.1, 0.15) is 5.37 Å². The van der Waals surface area contributed by atoms with E-state index < -0.39 is 11.7 Å². The van der Waals surface area contributed by atoms with Crippen molar-refractivity contribution in [1.82, 2.24) is 4.90 Å². The molecule has 1 saturated heterocycles. The third-order valence-corrected chi connectivity index (χ3v) is 5.94. The van der Waals surface area contributed by atoms with Crippen LogP contribution in [-0.4, -0.2) is 23.1 Å². The summed E-state index contributed by atoms with van der Waals surface area (Å²) in [5, 5.41) is -0.273. The van der Waals surface area contributed by atoms with E-state index in [1.165, 1.54) is 23.5 Å². The van der Waals surface area contributed by atoms with Gasteiger partial charge in [-0.3, -0.25) is 4.79 Å². The fourth-order valence-electron chi connectivity index (χ4n) is 2.36. The number of halogens is 4. The molecule has 2 aromatic rings. The number of rotatable bonds is 2. The second kappa shape index (κ2) is 6.37. The first-order valence-corrected chi connectivity index (χ1v) is 8.95. The predicted octanol–water partition coefficient (Wildman–Crippen LogP) is 5.31. The number of benzene rings is 1. The number of hydrogen-bond donors (Lipinski definition) is 0. The lowest BCUT2D eigenvalue weighted by Gasteiger charge is -2.24. The van der Waals surface area contributed by atoms with E-state index >= 15 is 0 Å². The van der Waals surface area contributed by atoms with Gasteiger partial charge in [-0.15, -0.1) is 23.1 Å². The van der Waals surface area contributed by atoms with E-state index in [-0.39, 0.29) is 11.3 Å². The molecule has 1 aliphatic rings. The number of hydrogen-bond acceptors (Lipinski definition) is 3. The second-order valence-electron chi connectivity index (χ2n) is 4.95. The fourth-order valence-corrected chi connectivity index (χ4v) is 4.62. The van der Waals surface area contributed by atoms with Gasteiger partial charge in [0.15, 0.2) is 0 Å². The van der Waals surface area contributed by atoms with E-state index in [1.54, 1.807) is 28.8 Å². The van der Waals surface area contributed by atoms with Gasteiger partial charge in [-0.05, 0) is 29.8 Å². The molecule has 0 bridgehead atoms. The smallest absolute Gasteiger partial charge is 0.321 e. The monoisotopic (exact) mass is 377 g/mol. The standard InChI is InChI=1S/C15H11ClF3NOS2/c16-12-6-5-11(23-12)13(21)20-7-8-22-14(20)9-1-3-10(4-2-9)15(17,18)19/h1-6,14H,7-8H2/t14-/m1/s1. The minimum Gasteiger partial charge on any atom is -0.321 e. The van der Waals surface area contributed by atoms with Crippen molar-refractivity contribution in [2.24, 2.45) is 0 Å². The van der Waals surface area contributed by atoms with Gasteiger partial charge < -0.3 is 4.90 Å². The van der Waals surface area contributed by atoms with Gasteiger partial charge in [0, 0.05) is 12.3 Å². The van der Waals surface area contributed by atoms with Crippen LogP contribution in [0.3, 0.4) is 0 Å². The molecule has 1 aromatic carbocycles. The van der Waals surface area contributed by atoms with Crippen molar-refractivity contribution in [2.45, 2.75) is 11.6 Å². The Morgan fingerprint density at radius 2 is 1.87 bits per heavy atom. The Kier molecular flexibility index (Phi) is 4.62. The highest BCUT2D eigenvalue weighted by Gasteiger charge is 2.34. The largest absolute Gasteiger partial charge is 0.416 e. The average Bonchev–Trinajstić information content (AvgIpc) is 3.14. The molecule has 0 aliphatic carbocycles. The molecule has 0 spiro atoms. The molecule has 2 nitrogen and oxygen atoms in total. The quantitative estimate of drug-likeness (QED) is 0.707. The number of carbonyl (C=O) groups is 1. The first kappa shape index (κ1) is 16.7. The summed E-state index contributed by atoms with van der Waals surface area (Å²) in [6, 6.07) is 8.32. The Labute approximate surface area is 144 Å². The Morgan fingerprint density at radius 1 is 1.17 bits per heavy atom. The van der Waals surface area contributed by atoms with Gasteiger partial charge in [-0.25, -0.2) is 0 Å². The van der Waals surface area contributed by atoms with Crippen LogP contribution in [-0.2, 0) is 6.18 Å². The van der Waals surface area contributed by atoms with E-state index in [9.17, 15) is 18.0 Å². The summed E-state index contributed by atoms with van der Waals surface area (Å²) in [7, 11) is 0. The van der Waals surface area contributed by atoms with E-state index in [0.29, 0.717) is 21.3 Å². The zero-order chi connectivity index (χ0) is 16.6. The summed E-state index contributed by atoms with van der Waals surface area (Å²) in [6.45, 7) is 0.560. The molecule has 0 saturated carbocycles. The van der Waals surface area contributed by atoms with Crippen LogP contribution in [0.1, 0.15) is 26.2 Å². The highest BCUT2D eigenvalue weighted by molar-refractivity contribution is 7.99. The maximum absolute atomic E-state index is 12.6. The Bertz CT molecular complexity index is 714. The van der Waals surface area contributed by atoms with Gasteiger partial charge in [-0.2, -0.15) is 13.2 Å². The zero-order valence-corrected chi connectivity index (χ0v) is 14.0. The van der Waals surface area contributed by atoms with E-state index in [1.807, 2.05) is 0 Å².